The van der Waals surface area contributed by atoms with Gasteiger partial charge in [0.15, 0.2) is 11.8 Å². The highest BCUT2D eigenvalue weighted by atomic mass is 127. The third-order valence-electron chi connectivity index (χ3n) is 3.02. The van der Waals surface area contributed by atoms with Gasteiger partial charge in [0.05, 0.1) is 12.2 Å². The quantitative estimate of drug-likeness (QED) is 0.447. The zero-order valence-electron chi connectivity index (χ0n) is 13.2. The number of hydrogen-bond acceptors (Lipinski definition) is 3. The smallest absolute Gasteiger partial charge is 0.188 e. The SMILES string of the molecule is CCCNC(N)=NCc1ccc(-n2nc(C)cc2C)nc1.I. The Balaban J connectivity index is 0.00000242. The second-order valence-electron chi connectivity index (χ2n) is 4.99. The second kappa shape index (κ2) is 8.72. The lowest BCUT2D eigenvalue weighted by Gasteiger charge is -2.05. The molecule has 0 aliphatic rings. The minimum Gasteiger partial charge on any atom is -0.370 e. The summed E-state index contributed by atoms with van der Waals surface area (Å²) in [5, 5.41) is 7.46. The fraction of sp³-hybridized carbons (Fsp3) is 0.400. The molecule has 0 saturated carbocycles. The Hall–Kier alpha value is -1.64. The van der Waals surface area contributed by atoms with E-state index in [2.05, 4.69) is 27.3 Å². The maximum absolute atomic E-state index is 5.76. The van der Waals surface area contributed by atoms with Crippen molar-refractivity contribution >= 4 is 29.9 Å². The maximum Gasteiger partial charge on any atom is 0.188 e. The number of rotatable bonds is 5. The zero-order chi connectivity index (χ0) is 15.2. The highest BCUT2D eigenvalue weighted by Crippen LogP contribution is 2.10. The summed E-state index contributed by atoms with van der Waals surface area (Å²) in [6, 6.07) is 5.97. The first-order chi connectivity index (χ1) is 10.1. The van der Waals surface area contributed by atoms with Crippen molar-refractivity contribution in [3.05, 3.63) is 41.3 Å². The third-order valence-corrected chi connectivity index (χ3v) is 3.02. The van der Waals surface area contributed by atoms with Gasteiger partial charge in [-0.1, -0.05) is 13.0 Å². The van der Waals surface area contributed by atoms with Crippen LogP contribution >= 0.6 is 24.0 Å². The summed E-state index contributed by atoms with van der Waals surface area (Å²) in [5.41, 5.74) is 8.82. The Kier molecular flexibility index (Phi) is 7.30. The Morgan fingerprint density at radius 1 is 1.36 bits per heavy atom. The highest BCUT2D eigenvalue weighted by Gasteiger charge is 2.04. The van der Waals surface area contributed by atoms with Crippen molar-refractivity contribution in [2.45, 2.75) is 33.7 Å². The Morgan fingerprint density at radius 2 is 2.14 bits per heavy atom. The van der Waals surface area contributed by atoms with E-state index in [1.165, 1.54) is 0 Å². The van der Waals surface area contributed by atoms with Crippen LogP contribution in [0.1, 0.15) is 30.3 Å². The van der Waals surface area contributed by atoms with Crippen molar-refractivity contribution in [1.82, 2.24) is 20.1 Å². The minimum absolute atomic E-state index is 0. The molecule has 0 saturated heterocycles. The van der Waals surface area contributed by atoms with Crippen LogP contribution in [0.5, 0.6) is 0 Å². The molecule has 0 radical (unpaired) electrons. The molecule has 0 unspecified atom stereocenters. The lowest BCUT2D eigenvalue weighted by Crippen LogP contribution is -2.32. The molecule has 0 atom stereocenters. The molecule has 2 heterocycles. The molecule has 0 spiro atoms. The van der Waals surface area contributed by atoms with E-state index in [0.29, 0.717) is 12.5 Å². The Labute approximate surface area is 148 Å². The summed E-state index contributed by atoms with van der Waals surface area (Å²) in [4.78, 5) is 8.71. The average molecular weight is 414 g/mol. The number of guanidine groups is 1. The molecule has 0 fully saturated rings. The molecule has 2 aromatic heterocycles. The lowest BCUT2D eigenvalue weighted by molar-refractivity contribution is 0.802. The third kappa shape index (κ3) is 4.97. The second-order valence-corrected chi connectivity index (χ2v) is 4.99. The fourth-order valence-corrected chi connectivity index (χ4v) is 1.98. The van der Waals surface area contributed by atoms with Crippen molar-refractivity contribution in [3.8, 4) is 5.82 Å². The molecular weight excluding hydrogens is 391 g/mol. The molecule has 0 bridgehead atoms. The topological polar surface area (TPSA) is 81.1 Å². The predicted molar refractivity (Wildman–Crippen MR) is 99.9 cm³/mol. The van der Waals surface area contributed by atoms with Crippen LogP contribution in [0.2, 0.25) is 0 Å². The predicted octanol–water partition coefficient (Wildman–Crippen LogP) is 2.32. The van der Waals surface area contributed by atoms with Crippen LogP contribution in [0.3, 0.4) is 0 Å². The normalized spacial score (nSPS) is 11.1. The molecule has 22 heavy (non-hydrogen) atoms. The maximum atomic E-state index is 5.76. The fourth-order valence-electron chi connectivity index (χ4n) is 1.98. The summed E-state index contributed by atoms with van der Waals surface area (Å²) < 4.78 is 1.83. The van der Waals surface area contributed by atoms with Gasteiger partial charge in [0.25, 0.3) is 0 Å². The Morgan fingerprint density at radius 3 is 2.68 bits per heavy atom. The molecule has 120 valence electrons. The van der Waals surface area contributed by atoms with E-state index in [-0.39, 0.29) is 24.0 Å². The van der Waals surface area contributed by atoms with Gasteiger partial charge >= 0.3 is 0 Å². The summed E-state index contributed by atoms with van der Waals surface area (Å²) in [6.07, 6.45) is 2.83. The molecule has 0 aliphatic carbocycles. The largest absolute Gasteiger partial charge is 0.370 e. The minimum atomic E-state index is 0. The average Bonchev–Trinajstić information content (AvgIpc) is 2.82. The number of pyridine rings is 1. The van der Waals surface area contributed by atoms with Gasteiger partial charge in [-0.2, -0.15) is 5.10 Å². The summed E-state index contributed by atoms with van der Waals surface area (Å²) in [5.74, 6) is 1.28. The van der Waals surface area contributed by atoms with Gasteiger partial charge < -0.3 is 11.1 Å². The van der Waals surface area contributed by atoms with Crippen LogP contribution in [-0.4, -0.2) is 27.3 Å². The lowest BCUT2D eigenvalue weighted by atomic mass is 10.3. The van der Waals surface area contributed by atoms with Gasteiger partial charge in [-0.15, -0.1) is 24.0 Å². The molecule has 6 nitrogen and oxygen atoms in total. The number of aliphatic imine (C=N–C) groups is 1. The molecule has 2 rings (SSSR count). The van der Waals surface area contributed by atoms with Gasteiger partial charge in [-0.05, 0) is 38.0 Å². The van der Waals surface area contributed by atoms with Crippen LogP contribution in [0.4, 0.5) is 0 Å². The van der Waals surface area contributed by atoms with Crippen LogP contribution in [0.25, 0.3) is 5.82 Å². The Bertz CT molecular complexity index is 617. The van der Waals surface area contributed by atoms with Gasteiger partial charge in [-0.25, -0.2) is 14.7 Å². The first-order valence-electron chi connectivity index (χ1n) is 7.12. The van der Waals surface area contributed by atoms with E-state index < -0.39 is 0 Å². The van der Waals surface area contributed by atoms with Crippen LogP contribution < -0.4 is 11.1 Å². The van der Waals surface area contributed by atoms with Gasteiger partial charge in [-0.3, -0.25) is 0 Å². The molecule has 7 heteroatoms. The van der Waals surface area contributed by atoms with Crippen LogP contribution in [0.15, 0.2) is 29.4 Å². The molecule has 0 aliphatic heterocycles. The summed E-state index contributed by atoms with van der Waals surface area (Å²) >= 11 is 0. The molecule has 0 aromatic carbocycles. The molecular formula is C15H23IN6. The number of nitrogens with zero attached hydrogens (tertiary/aromatic N) is 4. The molecule has 3 N–H and O–H groups in total. The first kappa shape index (κ1) is 18.4. The number of aromatic nitrogens is 3. The summed E-state index contributed by atoms with van der Waals surface area (Å²) in [7, 11) is 0. The van der Waals surface area contributed by atoms with E-state index in [4.69, 9.17) is 5.73 Å². The number of nitrogens with one attached hydrogen (secondary N) is 1. The number of halogens is 1. The zero-order valence-corrected chi connectivity index (χ0v) is 15.5. The standard InChI is InChI=1S/C15H22N6.HI/c1-4-7-17-15(16)19-10-13-5-6-14(18-9-13)21-12(3)8-11(2)20-21;/h5-6,8-9H,4,7,10H2,1-3H3,(H3,16,17,19);1H. The number of hydrogen-bond donors (Lipinski definition) is 2. The van der Waals surface area contributed by atoms with E-state index >= 15 is 0 Å². The van der Waals surface area contributed by atoms with Crippen molar-refractivity contribution in [3.63, 3.8) is 0 Å². The van der Waals surface area contributed by atoms with Crippen molar-refractivity contribution in [2.24, 2.45) is 10.7 Å². The van der Waals surface area contributed by atoms with E-state index in [1.54, 1.807) is 0 Å². The van der Waals surface area contributed by atoms with E-state index in [0.717, 1.165) is 35.7 Å². The van der Waals surface area contributed by atoms with Crippen LogP contribution in [-0.2, 0) is 6.54 Å². The van der Waals surface area contributed by atoms with Crippen LogP contribution in [0, 0.1) is 13.8 Å². The summed E-state index contributed by atoms with van der Waals surface area (Å²) in [6.45, 7) is 7.43. The van der Waals surface area contributed by atoms with Gasteiger partial charge in [0.2, 0.25) is 0 Å². The molecule has 0 amide bonds. The molecule has 2 aromatic rings. The monoisotopic (exact) mass is 414 g/mol. The number of nitrogens with two attached hydrogens (primary N) is 1. The van der Waals surface area contributed by atoms with Crippen molar-refractivity contribution < 1.29 is 0 Å². The van der Waals surface area contributed by atoms with Gasteiger partial charge in [0.1, 0.15) is 0 Å². The van der Waals surface area contributed by atoms with Crippen molar-refractivity contribution in [2.75, 3.05) is 6.54 Å². The highest BCUT2D eigenvalue weighted by molar-refractivity contribution is 14.0. The van der Waals surface area contributed by atoms with E-state index in [1.807, 2.05) is 42.9 Å². The van der Waals surface area contributed by atoms with E-state index in [9.17, 15) is 0 Å². The van der Waals surface area contributed by atoms with Gasteiger partial charge in [0, 0.05) is 18.4 Å². The first-order valence-corrected chi connectivity index (χ1v) is 7.12. The van der Waals surface area contributed by atoms with Crippen molar-refractivity contribution in [1.29, 1.82) is 0 Å². The number of aryl methyl sites for hydroxylation is 2.